The molecule has 0 amide bonds. The van der Waals surface area contributed by atoms with Crippen molar-refractivity contribution in [3.63, 3.8) is 0 Å². The zero-order valence-electron chi connectivity index (χ0n) is 69.8. The van der Waals surface area contributed by atoms with Gasteiger partial charge in [-0.05, 0) is 272 Å². The van der Waals surface area contributed by atoms with Crippen LogP contribution in [0.4, 0.5) is 0 Å². The third kappa shape index (κ3) is 22.9. The number of ether oxygens (including phenoxy) is 9. The Bertz CT molecular complexity index is 5460. The molecule has 7 aromatic heterocycles. The Labute approximate surface area is 725 Å². The topological polar surface area (TPSA) is 370 Å². The van der Waals surface area contributed by atoms with Crippen LogP contribution in [0.25, 0.3) is 17.1 Å². The SMILES string of the molecule is CCOC(=O)c1[nH]nnc1OC1CCC(c2ccc(-n3cccn3)cc2)CC1.CCOC(=O)c1nnn(Cc2ccc(OC)cc2)c1OC1CCC(c2ccc(-n3cccn3)cc2)CC1.CCOC(=O)c1nnn(Cc2ccc(OC)cc2)c1OC1CCC(c2ccc(Br)cc2)CC1.O=C(O)c1[nH]nnc1OC1CCC(c2ccc(-n3cccn3)cc2)CC1. The number of hydrogen-bond acceptors (Lipinski definition) is 24. The molecule has 0 aliphatic heterocycles. The number of hydrogen-bond donors (Lipinski definition) is 3. The Hall–Kier alpha value is -13.3. The Morgan fingerprint density at radius 2 is 0.710 bits per heavy atom. The summed E-state index contributed by atoms with van der Waals surface area (Å²) in [5.74, 6) is 1.93. The van der Waals surface area contributed by atoms with E-state index < -0.39 is 23.9 Å². The number of methoxy groups -OCH3 is 2. The lowest BCUT2D eigenvalue weighted by Crippen LogP contribution is -2.25. The average Bonchev–Trinajstić information content (AvgIpc) is 1.63. The van der Waals surface area contributed by atoms with E-state index in [4.69, 9.17) is 47.7 Å². The highest BCUT2D eigenvalue weighted by Crippen LogP contribution is 2.41. The molecule has 4 fully saturated rings. The van der Waals surface area contributed by atoms with Crippen molar-refractivity contribution in [2.45, 2.75) is 185 Å². The maximum Gasteiger partial charge on any atom is 0.364 e. The zero-order valence-corrected chi connectivity index (χ0v) is 71.4. The third-order valence-corrected chi connectivity index (χ3v) is 23.1. The summed E-state index contributed by atoms with van der Waals surface area (Å²) in [6, 6.07) is 55.3. The number of nitrogens with zero attached hydrogens (tertiary/aromatic N) is 16. The maximum atomic E-state index is 12.6. The Balaban J connectivity index is 0.000000136. The van der Waals surface area contributed by atoms with Crippen molar-refractivity contribution in [1.29, 1.82) is 0 Å². The van der Waals surface area contributed by atoms with Gasteiger partial charge in [-0.25, -0.2) is 52.8 Å². The van der Waals surface area contributed by atoms with Crippen molar-refractivity contribution < 1.29 is 66.9 Å². The fraction of sp³-hybridized carbons (Fsp3) is 0.374. The Morgan fingerprint density at radius 3 is 1.02 bits per heavy atom. The van der Waals surface area contributed by atoms with Gasteiger partial charge in [0, 0.05) is 41.7 Å². The summed E-state index contributed by atoms with van der Waals surface area (Å²) in [7, 11) is 3.27. The van der Waals surface area contributed by atoms with E-state index in [-0.39, 0.29) is 72.2 Å². The highest BCUT2D eigenvalue weighted by atomic mass is 79.9. The van der Waals surface area contributed by atoms with Gasteiger partial charge in [0.05, 0.1) is 64.2 Å². The monoisotopic (exact) mass is 1750 g/mol. The van der Waals surface area contributed by atoms with Crippen molar-refractivity contribution in [2.24, 2.45) is 0 Å². The zero-order chi connectivity index (χ0) is 86.1. The molecule has 4 aliphatic rings. The van der Waals surface area contributed by atoms with Gasteiger partial charge in [-0.15, -0.1) is 10.2 Å². The minimum atomic E-state index is -1.11. The van der Waals surface area contributed by atoms with E-state index in [2.05, 4.69) is 180 Å². The van der Waals surface area contributed by atoms with Crippen LogP contribution in [-0.4, -0.2) is 178 Å². The third-order valence-electron chi connectivity index (χ3n) is 22.6. The number of rotatable bonds is 28. The number of benzene rings is 6. The smallest absolute Gasteiger partial charge is 0.364 e. The first kappa shape index (κ1) is 87.0. The van der Waals surface area contributed by atoms with E-state index in [0.717, 1.165) is 147 Å². The molecule has 32 nitrogen and oxygen atoms in total. The molecule has 0 radical (unpaired) electrons. The molecule has 6 aromatic carbocycles. The summed E-state index contributed by atoms with van der Waals surface area (Å²) in [6.45, 7) is 6.96. The van der Waals surface area contributed by atoms with Crippen LogP contribution in [0.5, 0.6) is 35.0 Å². The second-order valence-electron chi connectivity index (χ2n) is 30.5. The number of aromatic amines is 2. The van der Waals surface area contributed by atoms with Gasteiger partial charge in [-0.3, -0.25) is 0 Å². The second-order valence-corrected chi connectivity index (χ2v) is 31.4. The van der Waals surface area contributed by atoms with Crippen LogP contribution in [-0.2, 0) is 27.3 Å². The van der Waals surface area contributed by atoms with Gasteiger partial charge >= 0.3 is 23.9 Å². The summed E-state index contributed by atoms with van der Waals surface area (Å²) in [4.78, 5) is 48.0. The molecule has 4 saturated carbocycles. The van der Waals surface area contributed by atoms with Crippen LogP contribution in [0.2, 0.25) is 0 Å². The summed E-state index contributed by atoms with van der Waals surface area (Å²) in [5.41, 5.74) is 10.8. The normalized spacial score (nSPS) is 18.5. The largest absolute Gasteiger partial charge is 0.497 e. The highest BCUT2D eigenvalue weighted by molar-refractivity contribution is 9.10. The van der Waals surface area contributed by atoms with Crippen molar-refractivity contribution >= 4 is 39.8 Å². The predicted octanol–water partition coefficient (Wildman–Crippen LogP) is 16.2. The molecule has 7 heterocycles. The van der Waals surface area contributed by atoms with Crippen LogP contribution in [0.1, 0.15) is 223 Å². The van der Waals surface area contributed by atoms with E-state index in [9.17, 15) is 19.2 Å². The van der Waals surface area contributed by atoms with E-state index in [1.165, 1.54) is 22.3 Å². The number of carbonyl (C=O) groups is 4. The number of aromatic carboxylic acids is 1. The van der Waals surface area contributed by atoms with Crippen molar-refractivity contribution in [3.8, 4) is 52.1 Å². The summed E-state index contributed by atoms with van der Waals surface area (Å²) >= 11 is 3.50. The number of H-pyrrole nitrogens is 2. The number of esters is 3. The van der Waals surface area contributed by atoms with Gasteiger partial charge in [-0.2, -0.15) is 15.3 Å². The van der Waals surface area contributed by atoms with Gasteiger partial charge in [0.25, 0.3) is 11.8 Å². The van der Waals surface area contributed by atoms with Crippen LogP contribution < -0.4 is 28.4 Å². The number of nitrogens with one attached hydrogen (secondary N) is 2. The van der Waals surface area contributed by atoms with Crippen LogP contribution in [0.3, 0.4) is 0 Å². The van der Waals surface area contributed by atoms with Gasteiger partial charge in [0.1, 0.15) is 35.9 Å². The molecular formula is C91H101BrN18O14. The summed E-state index contributed by atoms with van der Waals surface area (Å²) in [5, 5.41) is 58.2. The molecule has 0 unspecified atom stereocenters. The quantitative estimate of drug-likeness (QED) is 0.0303. The minimum Gasteiger partial charge on any atom is -0.497 e. The maximum absolute atomic E-state index is 12.6. The average molecular weight is 1750 g/mol. The standard InChI is InChI=1S/C28H31N5O4.C25H28BrN3O4.C20H23N5O3.C18H19N5O3/c1-3-36-28(34)26-27(33(31-30-26)19-20-5-13-24(35-2)14-6-20)37-25-15-9-22(10-16-25)21-7-11-23(12-8-21)32-18-4-17-29-32;1-3-32-25(30)23-24(29(28-27-23)16-17-4-12-21(31-2)13-5-17)33-22-14-8-19(9-15-22)18-6-10-20(26)11-7-18;1-2-27-20(26)18-19(23-24-22-18)28-17-10-6-15(7-11-17)14-4-8-16(9-5-14)25-13-3-12-21-25;24-18(25)16-17(21-22-20-16)26-15-8-4-13(5-9-15)12-2-6-14(7-3-12)23-11-1-10-19-23/h4-8,11-14,17-18,22,25H,3,9-10,15-16,19H2,1-2H3;4-7,10-13,19,22H,3,8-9,14-16H2,1-2H3;3-5,8-9,12-13,15,17H,2,6-7,10-11H2,1H3,(H,22,23,24);1-3,6-7,10-11,13,15H,4-5,8-9H2,(H,24,25)(H,20,21,22). The van der Waals surface area contributed by atoms with E-state index in [1.54, 1.807) is 62.9 Å². The number of carbonyl (C=O) groups excluding carboxylic acids is 3. The van der Waals surface area contributed by atoms with E-state index in [1.807, 2.05) is 99.4 Å². The van der Waals surface area contributed by atoms with Crippen LogP contribution >= 0.6 is 15.9 Å². The molecule has 3 N–H and O–H groups in total. The molecule has 33 heteroatoms. The van der Waals surface area contributed by atoms with Gasteiger partial charge < -0.3 is 47.7 Å². The molecule has 124 heavy (non-hydrogen) atoms. The molecule has 0 bridgehead atoms. The van der Waals surface area contributed by atoms with Gasteiger partial charge in [-0.1, -0.05) is 120 Å². The molecule has 17 rings (SSSR count). The van der Waals surface area contributed by atoms with E-state index >= 15 is 0 Å². The number of halogens is 1. The van der Waals surface area contributed by atoms with Gasteiger partial charge in [0.15, 0.2) is 0 Å². The summed E-state index contributed by atoms with van der Waals surface area (Å²) < 4.78 is 60.2. The molecule has 4 aliphatic carbocycles. The predicted molar refractivity (Wildman–Crippen MR) is 459 cm³/mol. The lowest BCUT2D eigenvalue weighted by atomic mass is 9.82. The first-order chi connectivity index (χ1) is 60.7. The molecule has 13 aromatic rings. The molecule has 0 atom stereocenters. The van der Waals surface area contributed by atoms with E-state index in [0.29, 0.717) is 55.1 Å². The fourth-order valence-electron chi connectivity index (χ4n) is 16.0. The molecule has 0 saturated heterocycles. The first-order valence-corrected chi connectivity index (χ1v) is 42.9. The van der Waals surface area contributed by atoms with Crippen molar-refractivity contribution in [1.82, 2.24) is 90.2 Å². The van der Waals surface area contributed by atoms with Crippen molar-refractivity contribution in [2.75, 3.05) is 34.0 Å². The first-order valence-electron chi connectivity index (χ1n) is 42.1. The fourth-order valence-corrected chi connectivity index (χ4v) is 16.2. The summed E-state index contributed by atoms with van der Waals surface area (Å²) in [6.07, 6.45) is 26.3. The lowest BCUT2D eigenvalue weighted by Gasteiger charge is -2.29. The lowest BCUT2D eigenvalue weighted by molar-refractivity contribution is 0.0496. The second kappa shape index (κ2) is 42.9. The number of carboxylic acid groups (broad SMARTS) is 1. The molecule has 646 valence electrons. The van der Waals surface area contributed by atoms with Crippen molar-refractivity contribution in [3.05, 3.63) is 262 Å². The number of aromatic nitrogens is 18. The molecular weight excluding hydrogens is 1650 g/mol. The highest BCUT2D eigenvalue weighted by Gasteiger charge is 2.34. The minimum absolute atomic E-state index is 0.00186. The Kier molecular flexibility index (Phi) is 30.1. The Morgan fingerprint density at radius 1 is 0.395 bits per heavy atom. The van der Waals surface area contributed by atoms with Gasteiger partial charge in [0.2, 0.25) is 34.5 Å². The number of carboxylic acids is 1. The van der Waals surface area contributed by atoms with Crippen LogP contribution in [0, 0.1) is 0 Å². The van der Waals surface area contributed by atoms with Crippen LogP contribution in [0.15, 0.2) is 205 Å². The molecule has 0 spiro atoms.